The molecule has 78 valence electrons. The van der Waals surface area contributed by atoms with Crippen LogP contribution in [0.15, 0.2) is 11.4 Å². The topological polar surface area (TPSA) is 21.3 Å². The smallest absolute Gasteiger partial charge is 0.0960 e. The van der Waals surface area contributed by atoms with Crippen LogP contribution in [0.3, 0.4) is 0 Å². The molecular formula is C11H17NOS. The molecule has 0 saturated heterocycles. The number of ether oxygens (including phenoxy) is 1. The predicted octanol–water partition coefficient (Wildman–Crippen LogP) is 2.36. The van der Waals surface area contributed by atoms with Crippen molar-refractivity contribution in [3.05, 3.63) is 21.9 Å². The zero-order valence-electron chi connectivity index (χ0n) is 8.75. The molecule has 0 aliphatic carbocycles. The standard InChI is InChI=1S/C11H17NOS/c1-8(2)12-7-10-9-4-6-14-11(9)3-5-13-10/h4,6,8,10,12H,3,5,7H2,1-2H3. The van der Waals surface area contributed by atoms with Crippen molar-refractivity contribution in [3.8, 4) is 0 Å². The number of rotatable bonds is 3. The number of hydrogen-bond acceptors (Lipinski definition) is 3. The van der Waals surface area contributed by atoms with Crippen LogP contribution in [0.25, 0.3) is 0 Å². The van der Waals surface area contributed by atoms with E-state index < -0.39 is 0 Å². The monoisotopic (exact) mass is 211 g/mol. The first-order valence-corrected chi connectivity index (χ1v) is 6.06. The Morgan fingerprint density at radius 3 is 3.29 bits per heavy atom. The van der Waals surface area contributed by atoms with Gasteiger partial charge >= 0.3 is 0 Å². The molecule has 0 radical (unpaired) electrons. The Kier molecular flexibility index (Phi) is 3.21. The van der Waals surface area contributed by atoms with Gasteiger partial charge in [-0.3, -0.25) is 0 Å². The van der Waals surface area contributed by atoms with Crippen molar-refractivity contribution in [1.29, 1.82) is 0 Å². The van der Waals surface area contributed by atoms with E-state index in [0.717, 1.165) is 19.6 Å². The summed E-state index contributed by atoms with van der Waals surface area (Å²) in [5.41, 5.74) is 1.40. The summed E-state index contributed by atoms with van der Waals surface area (Å²) in [6.45, 7) is 6.13. The van der Waals surface area contributed by atoms with Crippen LogP contribution in [-0.4, -0.2) is 19.2 Å². The van der Waals surface area contributed by atoms with Gasteiger partial charge in [0.2, 0.25) is 0 Å². The van der Waals surface area contributed by atoms with E-state index in [2.05, 4.69) is 30.6 Å². The van der Waals surface area contributed by atoms with E-state index in [1.807, 2.05) is 11.3 Å². The second-order valence-corrected chi connectivity index (χ2v) is 4.97. The van der Waals surface area contributed by atoms with Crippen molar-refractivity contribution in [2.45, 2.75) is 32.4 Å². The van der Waals surface area contributed by atoms with E-state index in [1.54, 1.807) is 0 Å². The fourth-order valence-electron chi connectivity index (χ4n) is 1.74. The van der Waals surface area contributed by atoms with Crippen LogP contribution in [0, 0.1) is 0 Å². The average Bonchev–Trinajstić information content (AvgIpc) is 2.62. The van der Waals surface area contributed by atoms with Crippen LogP contribution < -0.4 is 5.32 Å². The van der Waals surface area contributed by atoms with E-state index >= 15 is 0 Å². The molecule has 1 aromatic heterocycles. The Bertz CT molecular complexity index is 295. The Hall–Kier alpha value is -0.380. The zero-order valence-corrected chi connectivity index (χ0v) is 9.56. The first-order valence-electron chi connectivity index (χ1n) is 5.18. The number of thiophene rings is 1. The fourth-order valence-corrected chi connectivity index (χ4v) is 2.65. The summed E-state index contributed by atoms with van der Waals surface area (Å²) >= 11 is 1.86. The molecule has 1 N–H and O–H groups in total. The molecule has 0 spiro atoms. The highest BCUT2D eigenvalue weighted by Crippen LogP contribution is 2.30. The van der Waals surface area contributed by atoms with Crippen molar-refractivity contribution < 1.29 is 4.74 Å². The van der Waals surface area contributed by atoms with Crippen molar-refractivity contribution in [1.82, 2.24) is 5.32 Å². The van der Waals surface area contributed by atoms with Crippen LogP contribution in [0.2, 0.25) is 0 Å². The van der Waals surface area contributed by atoms with E-state index in [1.165, 1.54) is 10.4 Å². The summed E-state index contributed by atoms with van der Waals surface area (Å²) in [5, 5.41) is 5.59. The largest absolute Gasteiger partial charge is 0.372 e. The van der Waals surface area contributed by atoms with Gasteiger partial charge in [-0.2, -0.15) is 0 Å². The predicted molar refractivity (Wildman–Crippen MR) is 59.9 cm³/mol. The molecule has 2 heterocycles. The highest BCUT2D eigenvalue weighted by atomic mass is 32.1. The molecule has 1 atom stereocenters. The molecule has 0 aromatic carbocycles. The molecule has 3 heteroatoms. The van der Waals surface area contributed by atoms with Crippen molar-refractivity contribution in [2.24, 2.45) is 0 Å². The van der Waals surface area contributed by atoms with Crippen molar-refractivity contribution in [2.75, 3.05) is 13.2 Å². The van der Waals surface area contributed by atoms with Gasteiger partial charge in [-0.15, -0.1) is 11.3 Å². The Morgan fingerprint density at radius 1 is 1.64 bits per heavy atom. The molecule has 0 fully saturated rings. The quantitative estimate of drug-likeness (QED) is 0.828. The number of fused-ring (bicyclic) bond motifs is 1. The van der Waals surface area contributed by atoms with E-state index in [0.29, 0.717) is 6.04 Å². The van der Waals surface area contributed by atoms with Gasteiger partial charge < -0.3 is 10.1 Å². The normalized spacial score (nSPS) is 21.2. The summed E-state index contributed by atoms with van der Waals surface area (Å²) in [6.07, 6.45) is 1.36. The summed E-state index contributed by atoms with van der Waals surface area (Å²) < 4.78 is 5.76. The Morgan fingerprint density at radius 2 is 2.50 bits per heavy atom. The molecule has 1 unspecified atom stereocenters. The third-order valence-electron chi connectivity index (χ3n) is 2.49. The molecular weight excluding hydrogens is 194 g/mol. The first kappa shape index (κ1) is 10.1. The maximum atomic E-state index is 5.76. The number of nitrogens with one attached hydrogen (secondary N) is 1. The average molecular weight is 211 g/mol. The second-order valence-electron chi connectivity index (χ2n) is 3.97. The van der Waals surface area contributed by atoms with Crippen LogP contribution in [-0.2, 0) is 11.2 Å². The lowest BCUT2D eigenvalue weighted by Gasteiger charge is -2.24. The van der Waals surface area contributed by atoms with Crippen LogP contribution in [0.4, 0.5) is 0 Å². The lowest BCUT2D eigenvalue weighted by atomic mass is 10.1. The molecule has 0 saturated carbocycles. The summed E-state index contributed by atoms with van der Waals surface area (Å²) in [5.74, 6) is 0. The Balaban J connectivity index is 2.01. The van der Waals surface area contributed by atoms with Crippen LogP contribution in [0.5, 0.6) is 0 Å². The highest BCUT2D eigenvalue weighted by molar-refractivity contribution is 7.10. The van der Waals surface area contributed by atoms with Gasteiger partial charge in [0.25, 0.3) is 0 Å². The third kappa shape index (κ3) is 2.16. The minimum absolute atomic E-state index is 0.271. The van der Waals surface area contributed by atoms with Gasteiger partial charge in [-0.05, 0) is 17.0 Å². The third-order valence-corrected chi connectivity index (χ3v) is 3.48. The zero-order chi connectivity index (χ0) is 9.97. The van der Waals surface area contributed by atoms with Gasteiger partial charge in [0.1, 0.15) is 0 Å². The molecule has 0 amide bonds. The van der Waals surface area contributed by atoms with E-state index in [4.69, 9.17) is 4.74 Å². The molecule has 1 aliphatic rings. The molecule has 1 aliphatic heterocycles. The summed E-state index contributed by atoms with van der Waals surface area (Å²) in [6, 6.07) is 2.73. The SMILES string of the molecule is CC(C)NCC1OCCc2sccc21. The van der Waals surface area contributed by atoms with Crippen molar-refractivity contribution in [3.63, 3.8) is 0 Å². The lowest BCUT2D eigenvalue weighted by Crippen LogP contribution is -2.31. The van der Waals surface area contributed by atoms with Gasteiger partial charge in [0.05, 0.1) is 12.7 Å². The minimum atomic E-state index is 0.271. The molecule has 14 heavy (non-hydrogen) atoms. The minimum Gasteiger partial charge on any atom is -0.372 e. The highest BCUT2D eigenvalue weighted by Gasteiger charge is 2.21. The van der Waals surface area contributed by atoms with Gasteiger partial charge in [0.15, 0.2) is 0 Å². The van der Waals surface area contributed by atoms with Gasteiger partial charge in [-0.1, -0.05) is 13.8 Å². The number of hydrogen-bond donors (Lipinski definition) is 1. The van der Waals surface area contributed by atoms with Crippen molar-refractivity contribution >= 4 is 11.3 Å². The van der Waals surface area contributed by atoms with Gasteiger partial charge in [0, 0.05) is 23.9 Å². The Labute approximate surface area is 89.3 Å². The maximum Gasteiger partial charge on any atom is 0.0960 e. The molecule has 1 aromatic rings. The van der Waals surface area contributed by atoms with E-state index in [9.17, 15) is 0 Å². The first-order chi connectivity index (χ1) is 6.77. The second kappa shape index (κ2) is 4.43. The molecule has 0 bridgehead atoms. The molecule has 2 nitrogen and oxygen atoms in total. The van der Waals surface area contributed by atoms with Gasteiger partial charge in [-0.25, -0.2) is 0 Å². The summed E-state index contributed by atoms with van der Waals surface area (Å²) in [4.78, 5) is 1.51. The fraction of sp³-hybridized carbons (Fsp3) is 0.636. The molecule has 2 rings (SSSR count). The van der Waals surface area contributed by atoms with Crippen LogP contribution >= 0.6 is 11.3 Å². The lowest BCUT2D eigenvalue weighted by molar-refractivity contribution is 0.0426. The maximum absolute atomic E-state index is 5.76. The van der Waals surface area contributed by atoms with Crippen LogP contribution in [0.1, 0.15) is 30.4 Å². The summed E-state index contributed by atoms with van der Waals surface area (Å²) in [7, 11) is 0. The van der Waals surface area contributed by atoms with E-state index in [-0.39, 0.29) is 6.10 Å².